The zero-order chi connectivity index (χ0) is 13.6. The summed E-state index contributed by atoms with van der Waals surface area (Å²) in [4.78, 5) is 14.4. The molecule has 1 N–H and O–H groups in total. The number of nitrogens with zero attached hydrogens (tertiary/aromatic N) is 1. The van der Waals surface area contributed by atoms with Crippen LogP contribution in [0.15, 0.2) is 18.2 Å². The van der Waals surface area contributed by atoms with E-state index >= 15 is 0 Å². The first kappa shape index (κ1) is 12.9. The first-order chi connectivity index (χ1) is 9.06. The molecule has 2 fully saturated rings. The van der Waals surface area contributed by atoms with Crippen molar-refractivity contribution in [2.45, 2.75) is 25.9 Å². The Labute approximate surface area is 118 Å². The smallest absolute Gasteiger partial charge is 0.254 e. The quantitative estimate of drug-likeness (QED) is 0.858. The number of hydrogen-bond donors (Lipinski definition) is 1. The molecule has 1 aliphatic heterocycles. The third kappa shape index (κ3) is 2.26. The number of halogens is 1. The van der Waals surface area contributed by atoms with Crippen molar-refractivity contribution >= 4 is 17.5 Å². The first-order valence-corrected chi connectivity index (χ1v) is 7.17. The minimum atomic E-state index is -0.233. The maximum absolute atomic E-state index is 12.5. The summed E-state index contributed by atoms with van der Waals surface area (Å²) < 4.78 is 0. The number of aliphatic hydroxyl groups excluding tert-OH is 1. The van der Waals surface area contributed by atoms with Crippen LogP contribution in [0.2, 0.25) is 5.02 Å². The molecule has 0 spiro atoms. The van der Waals surface area contributed by atoms with E-state index in [1.807, 2.05) is 17.9 Å². The van der Waals surface area contributed by atoms with Gasteiger partial charge in [-0.15, -0.1) is 0 Å². The van der Waals surface area contributed by atoms with Crippen molar-refractivity contribution in [1.82, 2.24) is 4.90 Å². The summed E-state index contributed by atoms with van der Waals surface area (Å²) in [5.74, 6) is 0.781. The van der Waals surface area contributed by atoms with E-state index in [4.69, 9.17) is 11.6 Å². The monoisotopic (exact) mass is 279 g/mol. The van der Waals surface area contributed by atoms with Gasteiger partial charge in [0.15, 0.2) is 0 Å². The number of carbonyl (C=O) groups is 1. The number of benzene rings is 1. The van der Waals surface area contributed by atoms with Crippen LogP contribution in [0.5, 0.6) is 0 Å². The molecule has 1 aliphatic carbocycles. The van der Waals surface area contributed by atoms with E-state index in [0.717, 1.165) is 24.9 Å². The maximum atomic E-state index is 12.5. The van der Waals surface area contributed by atoms with Crippen LogP contribution in [-0.2, 0) is 0 Å². The normalized spacial score (nSPS) is 29.6. The Morgan fingerprint density at radius 2 is 2.16 bits per heavy atom. The summed E-state index contributed by atoms with van der Waals surface area (Å²) in [7, 11) is 0. The van der Waals surface area contributed by atoms with Gasteiger partial charge in [-0.1, -0.05) is 17.7 Å². The predicted molar refractivity (Wildman–Crippen MR) is 74.3 cm³/mol. The van der Waals surface area contributed by atoms with E-state index in [9.17, 15) is 9.90 Å². The molecule has 4 heteroatoms. The van der Waals surface area contributed by atoms with E-state index in [1.54, 1.807) is 12.1 Å². The maximum Gasteiger partial charge on any atom is 0.254 e. The third-order valence-electron chi connectivity index (χ3n) is 4.54. The molecule has 2 aliphatic rings. The highest BCUT2D eigenvalue weighted by molar-refractivity contribution is 6.31. The lowest BCUT2D eigenvalue weighted by Gasteiger charge is -2.19. The van der Waals surface area contributed by atoms with Crippen molar-refractivity contribution in [3.63, 3.8) is 0 Å². The number of fused-ring (bicyclic) bond motifs is 1. The van der Waals surface area contributed by atoms with E-state index in [2.05, 4.69) is 0 Å². The molecule has 0 aromatic heterocycles. The van der Waals surface area contributed by atoms with Crippen molar-refractivity contribution in [3.05, 3.63) is 34.3 Å². The summed E-state index contributed by atoms with van der Waals surface area (Å²) in [5, 5.41) is 10.5. The molecule has 19 heavy (non-hydrogen) atoms. The zero-order valence-corrected chi connectivity index (χ0v) is 11.7. The van der Waals surface area contributed by atoms with Gasteiger partial charge < -0.3 is 10.0 Å². The van der Waals surface area contributed by atoms with Crippen LogP contribution in [-0.4, -0.2) is 35.1 Å². The van der Waals surface area contributed by atoms with Gasteiger partial charge in [0.2, 0.25) is 0 Å². The molecule has 0 bridgehead atoms. The van der Waals surface area contributed by atoms with E-state index in [-0.39, 0.29) is 17.9 Å². The summed E-state index contributed by atoms with van der Waals surface area (Å²) in [6.07, 6.45) is 1.68. The second-order valence-corrected chi connectivity index (χ2v) is 6.17. The SMILES string of the molecule is Cc1ccc(Cl)cc1C(=O)N1CC2CCC(O)C2C1. The van der Waals surface area contributed by atoms with Gasteiger partial charge in [-0.3, -0.25) is 4.79 Å². The summed E-state index contributed by atoms with van der Waals surface area (Å²) in [5.41, 5.74) is 1.63. The third-order valence-corrected chi connectivity index (χ3v) is 4.77. The average molecular weight is 280 g/mol. The van der Waals surface area contributed by atoms with Gasteiger partial charge in [0.05, 0.1) is 6.10 Å². The van der Waals surface area contributed by atoms with Crippen molar-refractivity contribution in [3.8, 4) is 0 Å². The van der Waals surface area contributed by atoms with Crippen LogP contribution in [0, 0.1) is 18.8 Å². The fraction of sp³-hybridized carbons (Fsp3) is 0.533. The van der Waals surface area contributed by atoms with E-state index < -0.39 is 0 Å². The van der Waals surface area contributed by atoms with Gasteiger partial charge in [-0.05, 0) is 43.4 Å². The Morgan fingerprint density at radius 1 is 1.37 bits per heavy atom. The second-order valence-electron chi connectivity index (χ2n) is 5.74. The van der Waals surface area contributed by atoms with Crippen LogP contribution >= 0.6 is 11.6 Å². The van der Waals surface area contributed by atoms with Crippen molar-refractivity contribution in [2.75, 3.05) is 13.1 Å². The summed E-state index contributed by atoms with van der Waals surface area (Å²) in [6.45, 7) is 3.37. The van der Waals surface area contributed by atoms with Crippen LogP contribution in [0.25, 0.3) is 0 Å². The minimum Gasteiger partial charge on any atom is -0.393 e. The molecule has 3 nitrogen and oxygen atoms in total. The molecule has 1 amide bonds. The standard InChI is InChI=1S/C15H18ClNO2/c1-9-2-4-11(16)6-12(9)15(19)17-7-10-3-5-14(18)13(10)8-17/h2,4,6,10,13-14,18H,3,5,7-8H2,1H3. The first-order valence-electron chi connectivity index (χ1n) is 6.80. The van der Waals surface area contributed by atoms with E-state index in [0.29, 0.717) is 23.0 Å². The molecular weight excluding hydrogens is 262 g/mol. The fourth-order valence-electron chi connectivity index (χ4n) is 3.40. The number of carbonyl (C=O) groups excluding carboxylic acids is 1. The number of amides is 1. The molecule has 1 saturated heterocycles. The molecule has 1 heterocycles. The van der Waals surface area contributed by atoms with Crippen LogP contribution in [0.4, 0.5) is 0 Å². The molecule has 1 saturated carbocycles. The Kier molecular flexibility index (Phi) is 3.27. The Bertz CT molecular complexity index is 517. The van der Waals surface area contributed by atoms with Crippen LogP contribution in [0.3, 0.4) is 0 Å². The minimum absolute atomic E-state index is 0.0431. The largest absolute Gasteiger partial charge is 0.393 e. The Hall–Kier alpha value is -1.06. The van der Waals surface area contributed by atoms with Crippen LogP contribution < -0.4 is 0 Å². The number of aryl methyl sites for hydroxylation is 1. The van der Waals surface area contributed by atoms with Gasteiger partial charge in [-0.25, -0.2) is 0 Å². The molecule has 102 valence electrons. The van der Waals surface area contributed by atoms with Crippen molar-refractivity contribution in [2.24, 2.45) is 11.8 Å². The lowest BCUT2D eigenvalue weighted by molar-refractivity contribution is 0.0751. The summed E-state index contributed by atoms with van der Waals surface area (Å²) >= 11 is 5.98. The zero-order valence-electron chi connectivity index (χ0n) is 11.0. The van der Waals surface area contributed by atoms with Gasteiger partial charge in [-0.2, -0.15) is 0 Å². The Balaban J connectivity index is 1.80. The fourth-order valence-corrected chi connectivity index (χ4v) is 3.57. The number of likely N-dealkylation sites (tertiary alicyclic amines) is 1. The lowest BCUT2D eigenvalue weighted by atomic mass is 10.00. The lowest BCUT2D eigenvalue weighted by Crippen LogP contribution is -2.31. The molecular formula is C15H18ClNO2. The van der Waals surface area contributed by atoms with Crippen molar-refractivity contribution < 1.29 is 9.90 Å². The molecule has 3 unspecified atom stereocenters. The Morgan fingerprint density at radius 3 is 2.89 bits per heavy atom. The van der Waals surface area contributed by atoms with Gasteiger partial charge in [0.1, 0.15) is 0 Å². The second kappa shape index (κ2) is 4.80. The van der Waals surface area contributed by atoms with Gasteiger partial charge >= 0.3 is 0 Å². The molecule has 1 aromatic rings. The number of rotatable bonds is 1. The average Bonchev–Trinajstić information content (AvgIpc) is 2.94. The highest BCUT2D eigenvalue weighted by Gasteiger charge is 2.43. The molecule has 1 aromatic carbocycles. The highest BCUT2D eigenvalue weighted by Crippen LogP contribution is 2.38. The van der Waals surface area contributed by atoms with Gasteiger partial charge in [0, 0.05) is 29.6 Å². The van der Waals surface area contributed by atoms with Gasteiger partial charge in [0.25, 0.3) is 5.91 Å². The highest BCUT2D eigenvalue weighted by atomic mass is 35.5. The van der Waals surface area contributed by atoms with E-state index in [1.165, 1.54) is 0 Å². The molecule has 3 atom stereocenters. The number of aliphatic hydroxyl groups is 1. The predicted octanol–water partition coefficient (Wildman–Crippen LogP) is 2.49. The van der Waals surface area contributed by atoms with Crippen LogP contribution in [0.1, 0.15) is 28.8 Å². The van der Waals surface area contributed by atoms with Crippen molar-refractivity contribution in [1.29, 1.82) is 0 Å². The molecule has 3 rings (SSSR count). The number of hydrogen-bond acceptors (Lipinski definition) is 2. The summed E-state index contributed by atoms with van der Waals surface area (Å²) in [6, 6.07) is 5.42. The molecule has 0 radical (unpaired) electrons. The topological polar surface area (TPSA) is 40.5 Å².